The third-order valence-electron chi connectivity index (χ3n) is 19.1. The number of aromatic nitrogens is 5. The number of alkyl halides is 1. The predicted octanol–water partition coefficient (Wildman–Crippen LogP) is 34.5. The van der Waals surface area contributed by atoms with Crippen molar-refractivity contribution in [2.24, 2.45) is 0 Å². The molecule has 0 bridgehead atoms. The average molecular weight is 2020 g/mol. The van der Waals surface area contributed by atoms with Gasteiger partial charge in [-0.2, -0.15) is 0 Å². The Labute approximate surface area is 792 Å². The van der Waals surface area contributed by atoms with Crippen molar-refractivity contribution in [3.8, 4) is 0 Å². The van der Waals surface area contributed by atoms with E-state index in [1.807, 2.05) is 98.3 Å². The number of hydrogen-bond donors (Lipinski definition) is 3. The zero-order chi connectivity index (χ0) is 89.0. The number of hydrogen-bond acceptors (Lipinski definition) is 13. The molecule has 123 heavy (non-hydrogen) atoms. The first-order valence-electron chi connectivity index (χ1n) is 44.3. The van der Waals surface area contributed by atoms with E-state index in [0.29, 0.717) is 0 Å². The van der Waals surface area contributed by atoms with Crippen molar-refractivity contribution in [3.05, 3.63) is 320 Å². The molecule has 0 saturated heterocycles. The molecule has 5 heterocycles. The number of nitrogens with one attached hydrogen (secondary N) is 1. The molecule has 0 aliphatic heterocycles. The van der Waals surface area contributed by atoms with Crippen LogP contribution in [0.25, 0.3) is 0 Å². The summed E-state index contributed by atoms with van der Waals surface area (Å²) in [6, 6.07) is 62.5. The fourth-order valence-electron chi connectivity index (χ4n) is 11.8. The van der Waals surface area contributed by atoms with Gasteiger partial charge < -0.3 is 30.9 Å². The summed E-state index contributed by atoms with van der Waals surface area (Å²) in [4.78, 5) is 31.6. The lowest BCUT2D eigenvalue weighted by molar-refractivity contribution is 0.342. The second kappa shape index (κ2) is 70.7. The van der Waals surface area contributed by atoms with Crippen molar-refractivity contribution in [1.82, 2.24) is 24.9 Å². The number of halogens is 5. The van der Waals surface area contributed by atoms with Crippen molar-refractivity contribution in [2.75, 3.05) is 57.3 Å². The predicted molar refractivity (Wildman–Crippen MR) is 559 cm³/mol. The lowest BCUT2D eigenvalue weighted by Crippen LogP contribution is -2.18. The van der Waals surface area contributed by atoms with Crippen molar-refractivity contribution in [2.45, 2.75) is 240 Å². The van der Waals surface area contributed by atoms with Crippen LogP contribution in [0.1, 0.15) is 223 Å². The second-order valence-corrected chi connectivity index (χ2v) is 36.5. The third-order valence-corrected chi connectivity index (χ3v) is 23.7. The number of aliphatic hydroxyl groups is 1. The first-order valence-corrected chi connectivity index (χ1v) is 50.7. The van der Waals surface area contributed by atoms with Crippen LogP contribution >= 0.6 is 101 Å². The van der Waals surface area contributed by atoms with Crippen molar-refractivity contribution < 1.29 is 5.11 Å². The fourth-order valence-corrected chi connectivity index (χ4v) is 14.8. The van der Waals surface area contributed by atoms with Gasteiger partial charge in [0.25, 0.3) is 0 Å². The van der Waals surface area contributed by atoms with Gasteiger partial charge in [0.1, 0.15) is 27.9 Å². The summed E-state index contributed by atoms with van der Waals surface area (Å²) in [5, 5.41) is 12.6. The molecule has 0 aliphatic rings. The molecule has 10 rings (SSSR count). The minimum Gasteiger partial charge on any atom is -0.399 e. The number of nitrogens with two attached hydrogens (primary N) is 1. The summed E-state index contributed by atoms with van der Waals surface area (Å²) >= 11 is 16.6. The molecule has 5 aromatic carbocycles. The molecule has 10 aromatic rings. The Balaban J connectivity index is 0.000000348. The van der Waals surface area contributed by atoms with Gasteiger partial charge in [-0.1, -0.05) is 318 Å². The largest absolute Gasteiger partial charge is 0.399 e. The Bertz CT molecular complexity index is 4070. The van der Waals surface area contributed by atoms with Crippen molar-refractivity contribution in [3.63, 3.8) is 0 Å². The van der Waals surface area contributed by atoms with E-state index in [1.165, 1.54) is 168 Å². The number of nitrogens with zero attached hydrogens (tertiary/aromatic N) is 8. The minimum absolute atomic E-state index is 0.188. The van der Waals surface area contributed by atoms with Crippen molar-refractivity contribution >= 4 is 153 Å². The van der Waals surface area contributed by atoms with Gasteiger partial charge in [-0.15, -0.1) is 0 Å². The van der Waals surface area contributed by atoms with Crippen LogP contribution in [0.2, 0.25) is 0 Å². The maximum Gasteiger partial charge on any atom is 0.133 e. The molecule has 0 spiro atoms. The highest BCUT2D eigenvalue weighted by Gasteiger charge is 2.14. The van der Waals surface area contributed by atoms with Gasteiger partial charge >= 0.3 is 0 Å². The summed E-state index contributed by atoms with van der Waals surface area (Å²) < 4.78 is 3.85. The highest BCUT2D eigenvalue weighted by molar-refractivity contribution is 9.11. The molecule has 0 aliphatic carbocycles. The second-order valence-electron chi connectivity index (χ2n) is 30.0. The highest BCUT2D eigenvalue weighted by Crippen LogP contribution is 2.39. The molecule has 4 N–H and O–H groups in total. The first kappa shape index (κ1) is 108. The molecule has 0 atom stereocenters. The van der Waals surface area contributed by atoms with Crippen LogP contribution in [-0.2, 0) is 0 Å². The minimum atomic E-state index is 0.188. The molecule has 11 nitrogen and oxygen atoms in total. The van der Waals surface area contributed by atoms with Crippen LogP contribution in [-0.4, -0.2) is 61.6 Å². The zero-order valence-corrected chi connectivity index (χ0v) is 84.6. The third kappa shape index (κ3) is 52.4. The van der Waals surface area contributed by atoms with E-state index < -0.39 is 0 Å². The van der Waals surface area contributed by atoms with Crippen molar-refractivity contribution in [1.29, 1.82) is 0 Å². The zero-order valence-electron chi connectivity index (χ0n) is 75.0. The summed E-state index contributed by atoms with van der Waals surface area (Å²) in [6.07, 6.45) is 63.5. The van der Waals surface area contributed by atoms with Gasteiger partial charge in [-0.3, -0.25) is 0 Å². The van der Waals surface area contributed by atoms with Gasteiger partial charge in [-0.25, -0.2) is 24.9 Å². The number of pyridine rings is 5. The quantitative estimate of drug-likeness (QED) is 0.00837. The number of aryl methyl sites for hydroxylation is 5. The monoisotopic (exact) mass is 2010 g/mol. The van der Waals surface area contributed by atoms with Crippen LogP contribution in [0.15, 0.2) is 302 Å². The van der Waals surface area contributed by atoms with E-state index in [-0.39, 0.29) is 6.61 Å². The van der Waals surface area contributed by atoms with Crippen LogP contribution in [0.4, 0.5) is 51.7 Å². The van der Waals surface area contributed by atoms with E-state index in [2.05, 4.69) is 347 Å². The van der Waals surface area contributed by atoms with Crippen LogP contribution in [0.3, 0.4) is 0 Å². The number of rotatable bonds is 44. The number of nitrogen functional groups attached to an aromatic ring is 1. The Morgan fingerprint density at radius 3 is 0.919 bits per heavy atom. The summed E-state index contributed by atoms with van der Waals surface area (Å²) in [5.41, 5.74) is 17.1. The molecule has 18 heteroatoms. The number of anilines is 9. The average Bonchev–Trinajstić information content (AvgIpc) is 0.837. The SMILES string of the molecule is Brc1ccc(Br)nc1.CCCCCC/C=C/CBr.CCCCCC/C=C/CN(c1ccc(C)cc1)c1ccc(Br)cn1.CCCCCC/C=C/CN(c1ccc(C)cc1)c1ccc(SSc2ccc(N(C/C=C/CCCCCC)c3ccc(C)cc3)nc2)cn1.CCCCCC/C=C/CO.Cc1ccc(N)cc1.Cc1ccc(Nc2ccc(Br)cn2)cc1. The summed E-state index contributed by atoms with van der Waals surface area (Å²) in [6.45, 7) is 24.3. The fraction of sp³-hybridized carbons (Fsp3) is 0.381. The van der Waals surface area contributed by atoms with E-state index >= 15 is 0 Å². The molecule has 5 aromatic heterocycles. The first-order chi connectivity index (χ1) is 59.9. The Hall–Kier alpha value is -7.39. The van der Waals surface area contributed by atoms with Gasteiger partial charge in [-0.05, 0) is 284 Å². The number of benzene rings is 5. The van der Waals surface area contributed by atoms with Gasteiger partial charge in [0, 0.05) is 108 Å². The smallest absolute Gasteiger partial charge is 0.133 e. The normalized spacial score (nSPS) is 10.9. The van der Waals surface area contributed by atoms with Gasteiger partial charge in [0.15, 0.2) is 0 Å². The van der Waals surface area contributed by atoms with Gasteiger partial charge in [0.2, 0.25) is 0 Å². The molecular weight excluding hydrogens is 1880 g/mol. The van der Waals surface area contributed by atoms with Crippen LogP contribution in [0, 0.1) is 34.6 Å². The van der Waals surface area contributed by atoms with E-state index in [0.717, 1.165) is 124 Å². The number of aliphatic hydroxyl groups excluding tert-OH is 1. The lowest BCUT2D eigenvalue weighted by Gasteiger charge is -2.23. The number of unbranched alkanes of at least 4 members (excludes halogenated alkanes) is 20. The van der Waals surface area contributed by atoms with E-state index in [1.54, 1.807) is 34.0 Å². The van der Waals surface area contributed by atoms with E-state index in [9.17, 15) is 0 Å². The highest BCUT2D eigenvalue weighted by atomic mass is 79.9. The molecule has 662 valence electrons. The molecular formula is C105H139Br5N10OS2. The molecule has 0 amide bonds. The Kier molecular flexibility index (Phi) is 62.1. The standard InChI is InChI=1S/C42H54N4S2.C21H27BrN2.C12H11BrN2.C9H17Br.C9H18O.C7H9N.C5H3Br2N/c1-5-7-9-11-13-15-17-31-45(37-23-19-35(3)20-24-37)41-29-27-39(33-43-41)47-48-40-28-30-42(44-34-40)46(38-25-21-36(4)22-26-38)32-18-16-14-12-10-8-6-2;1-3-4-5-6-7-8-9-16-24(20-13-10-18(2)11-14-20)21-15-12-19(22)17-23-21;1-9-2-5-11(6-3-9)15-12-7-4-10(13)8-14-12;2*1-2-3-4-5-6-7-8-9-10;1-6-2-4-7(8)5-3-6;6-4-1-2-5(7)8-3-4/h15-30,33-34H,5-14,31-32H2,1-4H3;8-15,17H,3-7,16H2,1-2H3;2-8H,1H3,(H,14,15);7-8H,2-6,9H2,1H3;7-8,10H,2-6,9H2,1H3;2-5H,8H2,1H3;1-3H/b17-15+,18-16+;9-8+;;2*8-7+;;. The van der Waals surface area contributed by atoms with Gasteiger partial charge in [0.05, 0.1) is 6.61 Å². The molecule has 0 radical (unpaired) electrons. The topological polar surface area (TPSA) is 132 Å². The Morgan fingerprint density at radius 2 is 0.634 bits per heavy atom. The maximum atomic E-state index is 8.38. The van der Waals surface area contributed by atoms with Crippen LogP contribution < -0.4 is 25.8 Å². The lowest BCUT2D eigenvalue weighted by atomic mass is 10.1. The summed E-state index contributed by atoms with van der Waals surface area (Å²) in [7, 11) is 3.43. The van der Waals surface area contributed by atoms with Crippen LogP contribution in [0.5, 0.6) is 0 Å². The maximum absolute atomic E-state index is 8.38. The van der Waals surface area contributed by atoms with E-state index in [4.69, 9.17) is 20.8 Å². The number of allylic oxidation sites excluding steroid dienone is 6. The molecule has 0 fully saturated rings. The summed E-state index contributed by atoms with van der Waals surface area (Å²) in [5.74, 6) is 3.74. The molecule has 0 unspecified atom stereocenters. The molecule has 0 saturated carbocycles. The Morgan fingerprint density at radius 1 is 0.325 bits per heavy atom.